The Kier molecular flexibility index (Phi) is 7.17. The molecule has 6 heteroatoms. The maximum absolute atomic E-state index is 4.85. The Labute approximate surface area is 157 Å². The van der Waals surface area contributed by atoms with E-state index in [0.29, 0.717) is 0 Å². The Balaban J connectivity index is 0.00000192. The molecule has 0 spiro atoms. The highest BCUT2D eigenvalue weighted by molar-refractivity contribution is 14.0. The molecule has 0 bridgehead atoms. The van der Waals surface area contributed by atoms with E-state index < -0.39 is 0 Å². The van der Waals surface area contributed by atoms with Gasteiger partial charge in [0.2, 0.25) is 0 Å². The quantitative estimate of drug-likeness (QED) is 0.453. The van der Waals surface area contributed by atoms with Gasteiger partial charge in [0.25, 0.3) is 0 Å². The lowest BCUT2D eigenvalue weighted by atomic mass is 9.82. The molecule has 2 unspecified atom stereocenters. The van der Waals surface area contributed by atoms with E-state index >= 15 is 0 Å². The van der Waals surface area contributed by atoms with Gasteiger partial charge in [0.1, 0.15) is 5.82 Å². The molecule has 5 nitrogen and oxygen atoms in total. The normalized spacial score (nSPS) is 24.3. The fraction of sp³-hybridized carbons (Fsp3) is 0.765. The van der Waals surface area contributed by atoms with Crippen LogP contribution >= 0.6 is 24.0 Å². The predicted octanol–water partition coefficient (Wildman–Crippen LogP) is 2.90. The van der Waals surface area contributed by atoms with E-state index in [0.717, 1.165) is 43.3 Å². The number of guanidine groups is 1. The van der Waals surface area contributed by atoms with Crippen molar-refractivity contribution in [3.63, 3.8) is 0 Å². The molecule has 1 aliphatic heterocycles. The van der Waals surface area contributed by atoms with E-state index in [1.54, 1.807) is 0 Å². The van der Waals surface area contributed by atoms with Crippen molar-refractivity contribution in [1.82, 2.24) is 19.8 Å². The highest BCUT2D eigenvalue weighted by Gasteiger charge is 2.35. The zero-order valence-corrected chi connectivity index (χ0v) is 16.7. The number of aryl methyl sites for hydroxylation is 1. The molecule has 2 aliphatic rings. The Bertz CT molecular complexity index is 499. The summed E-state index contributed by atoms with van der Waals surface area (Å²) in [6.45, 7) is 9.24. The molecule has 1 saturated heterocycles. The Hall–Kier alpha value is -0.790. The van der Waals surface area contributed by atoms with Crippen LogP contribution in [0.4, 0.5) is 0 Å². The van der Waals surface area contributed by atoms with Crippen molar-refractivity contribution in [1.29, 1.82) is 0 Å². The number of hydrogen-bond donors (Lipinski definition) is 1. The molecular weight excluding hydrogens is 401 g/mol. The molecule has 0 aromatic carbocycles. The second-order valence-electron chi connectivity index (χ2n) is 6.61. The number of nitrogens with one attached hydrogen (secondary N) is 1. The zero-order valence-electron chi connectivity index (χ0n) is 14.4. The number of likely N-dealkylation sites (tertiary alicyclic amines) is 1. The van der Waals surface area contributed by atoms with E-state index in [1.807, 2.05) is 19.3 Å². The predicted molar refractivity (Wildman–Crippen MR) is 105 cm³/mol. The van der Waals surface area contributed by atoms with Crippen LogP contribution in [0.3, 0.4) is 0 Å². The number of halogens is 1. The molecule has 3 rings (SSSR count). The van der Waals surface area contributed by atoms with Gasteiger partial charge in [0.05, 0.1) is 6.54 Å². The highest BCUT2D eigenvalue weighted by atomic mass is 127. The molecule has 2 heterocycles. The van der Waals surface area contributed by atoms with Gasteiger partial charge < -0.3 is 14.8 Å². The number of imidazole rings is 1. The minimum atomic E-state index is 0. The zero-order chi connectivity index (χ0) is 15.4. The molecule has 2 atom stereocenters. The van der Waals surface area contributed by atoms with Gasteiger partial charge in [-0.25, -0.2) is 4.98 Å². The molecule has 2 fully saturated rings. The number of aliphatic imine (C=N–C) groups is 1. The Morgan fingerprint density at radius 3 is 2.57 bits per heavy atom. The number of rotatable bonds is 4. The molecule has 1 saturated carbocycles. The van der Waals surface area contributed by atoms with Crippen LogP contribution in [0.2, 0.25) is 0 Å². The summed E-state index contributed by atoms with van der Waals surface area (Å²) in [7, 11) is 0. The van der Waals surface area contributed by atoms with Crippen LogP contribution in [0, 0.1) is 18.8 Å². The van der Waals surface area contributed by atoms with Crippen molar-refractivity contribution in [3.05, 3.63) is 18.2 Å². The second-order valence-corrected chi connectivity index (χ2v) is 6.61. The first-order chi connectivity index (χ1) is 10.8. The number of nitrogens with zero attached hydrogens (tertiary/aromatic N) is 4. The van der Waals surface area contributed by atoms with Crippen LogP contribution in [0.15, 0.2) is 17.4 Å². The van der Waals surface area contributed by atoms with Crippen LogP contribution in [-0.2, 0) is 6.54 Å². The summed E-state index contributed by atoms with van der Waals surface area (Å²) in [6.07, 6.45) is 9.55. The van der Waals surface area contributed by atoms with E-state index in [1.165, 1.54) is 38.8 Å². The summed E-state index contributed by atoms with van der Waals surface area (Å²) < 4.78 is 2.16. The third kappa shape index (κ3) is 4.61. The smallest absolute Gasteiger partial charge is 0.193 e. The maximum atomic E-state index is 4.85. The van der Waals surface area contributed by atoms with Crippen molar-refractivity contribution in [2.24, 2.45) is 16.8 Å². The van der Waals surface area contributed by atoms with Gasteiger partial charge in [-0.1, -0.05) is 12.8 Å². The van der Waals surface area contributed by atoms with Crippen LogP contribution in [-0.4, -0.2) is 46.6 Å². The average Bonchev–Trinajstić information content (AvgIpc) is 3.12. The molecule has 23 heavy (non-hydrogen) atoms. The lowest BCUT2D eigenvalue weighted by molar-refractivity contribution is 0.299. The lowest BCUT2D eigenvalue weighted by Crippen LogP contribution is -2.40. The highest BCUT2D eigenvalue weighted by Crippen LogP contribution is 2.35. The monoisotopic (exact) mass is 431 g/mol. The minimum Gasteiger partial charge on any atom is -0.357 e. The second kappa shape index (κ2) is 8.89. The fourth-order valence-corrected chi connectivity index (χ4v) is 3.91. The van der Waals surface area contributed by atoms with Crippen LogP contribution < -0.4 is 5.32 Å². The molecule has 1 aliphatic carbocycles. The third-order valence-corrected chi connectivity index (χ3v) is 5.14. The summed E-state index contributed by atoms with van der Waals surface area (Å²) in [6, 6.07) is 0. The number of hydrogen-bond acceptors (Lipinski definition) is 2. The summed E-state index contributed by atoms with van der Waals surface area (Å²) in [5.74, 6) is 3.96. The standard InChI is InChI=1S/C17H29N5.HI/c1-3-18-17(20-9-11-21-10-8-19-14(21)2)22-12-15-6-4-5-7-16(15)13-22;/h8,10,15-16H,3-7,9,11-13H2,1-2H3,(H,18,20);1H. The molecular formula is C17H30IN5. The first kappa shape index (κ1) is 18.5. The van der Waals surface area contributed by atoms with Gasteiger partial charge in [0, 0.05) is 38.6 Å². The van der Waals surface area contributed by atoms with Gasteiger partial charge in [-0.2, -0.15) is 0 Å². The summed E-state index contributed by atoms with van der Waals surface area (Å²) in [5.41, 5.74) is 0. The van der Waals surface area contributed by atoms with Gasteiger partial charge in [-0.15, -0.1) is 24.0 Å². The van der Waals surface area contributed by atoms with Crippen LogP contribution in [0.1, 0.15) is 38.4 Å². The number of aromatic nitrogens is 2. The topological polar surface area (TPSA) is 45.5 Å². The van der Waals surface area contributed by atoms with E-state index in [4.69, 9.17) is 4.99 Å². The van der Waals surface area contributed by atoms with Crippen molar-refractivity contribution < 1.29 is 0 Å². The Morgan fingerprint density at radius 1 is 1.30 bits per heavy atom. The van der Waals surface area contributed by atoms with Crippen molar-refractivity contribution in [3.8, 4) is 0 Å². The summed E-state index contributed by atoms with van der Waals surface area (Å²) >= 11 is 0. The molecule has 0 amide bonds. The first-order valence-electron chi connectivity index (χ1n) is 8.79. The molecule has 1 aromatic heterocycles. The van der Waals surface area contributed by atoms with Gasteiger partial charge >= 0.3 is 0 Å². The van der Waals surface area contributed by atoms with Gasteiger partial charge in [0.15, 0.2) is 5.96 Å². The largest absolute Gasteiger partial charge is 0.357 e. The fourth-order valence-electron chi connectivity index (χ4n) is 3.91. The van der Waals surface area contributed by atoms with Gasteiger partial charge in [-0.3, -0.25) is 4.99 Å². The van der Waals surface area contributed by atoms with Crippen LogP contribution in [0.25, 0.3) is 0 Å². The average molecular weight is 431 g/mol. The molecule has 1 N–H and O–H groups in total. The van der Waals surface area contributed by atoms with E-state index in [9.17, 15) is 0 Å². The minimum absolute atomic E-state index is 0. The number of fused-ring (bicyclic) bond motifs is 1. The maximum Gasteiger partial charge on any atom is 0.193 e. The lowest BCUT2D eigenvalue weighted by Gasteiger charge is -2.22. The van der Waals surface area contributed by atoms with Crippen LogP contribution in [0.5, 0.6) is 0 Å². The molecule has 0 radical (unpaired) electrons. The first-order valence-corrected chi connectivity index (χ1v) is 8.79. The van der Waals surface area contributed by atoms with Crippen molar-refractivity contribution >= 4 is 29.9 Å². The van der Waals surface area contributed by atoms with Crippen molar-refractivity contribution in [2.75, 3.05) is 26.2 Å². The third-order valence-electron chi connectivity index (χ3n) is 5.14. The van der Waals surface area contributed by atoms with Gasteiger partial charge in [-0.05, 0) is 38.5 Å². The van der Waals surface area contributed by atoms with E-state index in [2.05, 4.69) is 26.7 Å². The molecule has 1 aromatic rings. The summed E-state index contributed by atoms with van der Waals surface area (Å²) in [4.78, 5) is 11.6. The summed E-state index contributed by atoms with van der Waals surface area (Å²) in [5, 5.41) is 3.48. The SMILES string of the molecule is CCNC(=NCCn1ccnc1C)N1CC2CCCCC2C1.I. The van der Waals surface area contributed by atoms with E-state index in [-0.39, 0.29) is 24.0 Å². The molecule has 130 valence electrons. The Morgan fingerprint density at radius 2 is 2.00 bits per heavy atom. The van der Waals surface area contributed by atoms with Crippen molar-refractivity contribution in [2.45, 2.75) is 46.1 Å².